The van der Waals surface area contributed by atoms with E-state index in [2.05, 4.69) is 15.2 Å². The Morgan fingerprint density at radius 2 is 1.68 bits per heavy atom. The van der Waals surface area contributed by atoms with E-state index in [0.717, 1.165) is 0 Å². The number of rotatable bonds is 7. The summed E-state index contributed by atoms with van der Waals surface area (Å²) in [6, 6.07) is 17.7. The number of anilines is 1. The zero-order valence-corrected chi connectivity index (χ0v) is 17.4. The van der Waals surface area contributed by atoms with E-state index in [9.17, 15) is 18.0 Å². The van der Waals surface area contributed by atoms with E-state index in [1.165, 1.54) is 54.7 Å². The number of hydrogen-bond donors (Lipinski definition) is 3. The van der Waals surface area contributed by atoms with E-state index in [-0.39, 0.29) is 16.0 Å². The van der Waals surface area contributed by atoms with Gasteiger partial charge in [0, 0.05) is 21.8 Å². The summed E-state index contributed by atoms with van der Waals surface area (Å²) in [6.07, 6.45) is 1.20. The van der Waals surface area contributed by atoms with Crippen LogP contribution in [0.1, 0.15) is 26.3 Å². The molecule has 0 aromatic heterocycles. The average molecular weight is 458 g/mol. The molecule has 3 aromatic rings. The highest BCUT2D eigenvalue weighted by atomic mass is 35.5. The van der Waals surface area contributed by atoms with Gasteiger partial charge >= 0.3 is 5.97 Å². The van der Waals surface area contributed by atoms with Crippen LogP contribution in [0.4, 0.5) is 5.69 Å². The molecule has 0 bridgehead atoms. The van der Waals surface area contributed by atoms with Crippen LogP contribution in [0.15, 0.2) is 82.8 Å². The maximum atomic E-state index is 12.6. The van der Waals surface area contributed by atoms with Gasteiger partial charge in [-0.1, -0.05) is 35.9 Å². The minimum absolute atomic E-state index is 0.0295. The van der Waals surface area contributed by atoms with Crippen LogP contribution in [-0.4, -0.2) is 31.6 Å². The first-order valence-corrected chi connectivity index (χ1v) is 10.7. The number of halogens is 1. The third-order valence-electron chi connectivity index (χ3n) is 4.06. The average Bonchev–Trinajstić information content (AvgIpc) is 2.75. The van der Waals surface area contributed by atoms with Crippen molar-refractivity contribution in [1.29, 1.82) is 0 Å². The minimum atomic E-state index is -3.94. The van der Waals surface area contributed by atoms with Gasteiger partial charge < -0.3 is 5.11 Å². The summed E-state index contributed by atoms with van der Waals surface area (Å²) < 4.78 is 27.6. The molecular weight excluding hydrogens is 442 g/mol. The summed E-state index contributed by atoms with van der Waals surface area (Å²) in [5, 5.41) is 13.4. The van der Waals surface area contributed by atoms with Gasteiger partial charge in [-0.25, -0.2) is 18.6 Å². The van der Waals surface area contributed by atoms with Crippen molar-refractivity contribution in [2.75, 3.05) is 4.72 Å². The third-order valence-corrected chi connectivity index (χ3v) is 5.69. The summed E-state index contributed by atoms with van der Waals surface area (Å²) in [6.45, 7) is 0. The van der Waals surface area contributed by atoms with E-state index < -0.39 is 21.9 Å². The number of carboxylic acid groups (broad SMARTS) is 1. The van der Waals surface area contributed by atoms with Crippen LogP contribution in [0.2, 0.25) is 5.02 Å². The molecule has 10 heteroatoms. The van der Waals surface area contributed by atoms with Gasteiger partial charge in [-0.2, -0.15) is 5.10 Å². The monoisotopic (exact) mass is 457 g/mol. The summed E-state index contributed by atoms with van der Waals surface area (Å²) in [7, 11) is -3.94. The van der Waals surface area contributed by atoms with Gasteiger partial charge in [0.25, 0.3) is 15.9 Å². The second-order valence-electron chi connectivity index (χ2n) is 6.23. The van der Waals surface area contributed by atoms with Crippen molar-refractivity contribution < 1.29 is 23.1 Å². The highest BCUT2D eigenvalue weighted by Gasteiger charge is 2.16. The summed E-state index contributed by atoms with van der Waals surface area (Å²) in [4.78, 5) is 23.4. The number of hydrazone groups is 1. The Hall–Kier alpha value is -3.69. The Labute approximate surface area is 183 Å². The van der Waals surface area contributed by atoms with Gasteiger partial charge in [0.05, 0.1) is 16.7 Å². The first-order valence-electron chi connectivity index (χ1n) is 8.80. The van der Waals surface area contributed by atoms with Crippen molar-refractivity contribution in [1.82, 2.24) is 5.43 Å². The fourth-order valence-electron chi connectivity index (χ4n) is 2.57. The molecule has 0 atom stereocenters. The van der Waals surface area contributed by atoms with Crippen LogP contribution in [-0.2, 0) is 10.0 Å². The number of amides is 1. The predicted octanol–water partition coefficient (Wildman–Crippen LogP) is 3.60. The van der Waals surface area contributed by atoms with E-state index in [0.29, 0.717) is 16.3 Å². The predicted molar refractivity (Wildman–Crippen MR) is 117 cm³/mol. The number of carboxylic acids is 1. The molecule has 0 saturated heterocycles. The Kier molecular flexibility index (Phi) is 6.68. The second kappa shape index (κ2) is 9.41. The Morgan fingerprint density at radius 1 is 0.968 bits per heavy atom. The summed E-state index contributed by atoms with van der Waals surface area (Å²) in [5.41, 5.74) is 2.97. The molecule has 158 valence electrons. The van der Waals surface area contributed by atoms with Gasteiger partial charge in [0.1, 0.15) is 0 Å². The zero-order chi connectivity index (χ0) is 22.4. The number of nitrogens with zero attached hydrogens (tertiary/aromatic N) is 1. The largest absolute Gasteiger partial charge is 0.478 e. The smallest absolute Gasteiger partial charge is 0.336 e. The number of sulfonamides is 1. The molecule has 0 radical (unpaired) electrons. The van der Waals surface area contributed by atoms with Crippen LogP contribution < -0.4 is 10.1 Å². The Bertz CT molecular complexity index is 1260. The lowest BCUT2D eigenvalue weighted by Crippen LogP contribution is -2.19. The molecule has 0 spiro atoms. The van der Waals surface area contributed by atoms with Crippen molar-refractivity contribution in [2.24, 2.45) is 5.10 Å². The highest BCUT2D eigenvalue weighted by Crippen LogP contribution is 2.19. The lowest BCUT2D eigenvalue weighted by atomic mass is 10.1. The SMILES string of the molecule is O=C(N/N=C\c1ccccc1C(=O)O)c1cccc(S(=O)(=O)Nc2ccc(Cl)cc2)c1. The molecule has 0 heterocycles. The molecule has 0 aliphatic carbocycles. The molecule has 31 heavy (non-hydrogen) atoms. The van der Waals surface area contributed by atoms with Crippen LogP contribution >= 0.6 is 11.6 Å². The number of hydrogen-bond acceptors (Lipinski definition) is 5. The first kappa shape index (κ1) is 22.0. The normalized spacial score (nSPS) is 11.3. The van der Waals surface area contributed by atoms with Gasteiger partial charge in [-0.15, -0.1) is 0 Å². The maximum Gasteiger partial charge on any atom is 0.336 e. The topological polar surface area (TPSA) is 125 Å². The molecule has 0 unspecified atom stereocenters. The summed E-state index contributed by atoms with van der Waals surface area (Å²) in [5.74, 6) is -1.79. The van der Waals surface area contributed by atoms with Crippen LogP contribution in [0.3, 0.4) is 0 Å². The molecular formula is C21H16ClN3O5S. The van der Waals surface area contributed by atoms with E-state index >= 15 is 0 Å². The van der Waals surface area contributed by atoms with Crippen molar-refractivity contribution in [3.63, 3.8) is 0 Å². The maximum absolute atomic E-state index is 12.6. The molecule has 0 fully saturated rings. The van der Waals surface area contributed by atoms with Crippen LogP contribution in [0.25, 0.3) is 0 Å². The Morgan fingerprint density at radius 3 is 2.39 bits per heavy atom. The van der Waals surface area contributed by atoms with Gasteiger partial charge in [-0.3, -0.25) is 9.52 Å². The minimum Gasteiger partial charge on any atom is -0.478 e. The van der Waals surface area contributed by atoms with Crippen molar-refractivity contribution in [2.45, 2.75) is 4.90 Å². The molecule has 1 amide bonds. The molecule has 3 rings (SSSR count). The molecule has 0 aliphatic rings. The lowest BCUT2D eigenvalue weighted by Gasteiger charge is -2.09. The van der Waals surface area contributed by atoms with Gasteiger partial charge in [0.15, 0.2) is 0 Å². The molecule has 3 aromatic carbocycles. The van der Waals surface area contributed by atoms with Crippen LogP contribution in [0, 0.1) is 0 Å². The third kappa shape index (κ3) is 5.68. The van der Waals surface area contributed by atoms with E-state index in [1.54, 1.807) is 24.3 Å². The van der Waals surface area contributed by atoms with E-state index in [4.69, 9.17) is 16.7 Å². The summed E-state index contributed by atoms with van der Waals surface area (Å²) >= 11 is 5.80. The van der Waals surface area contributed by atoms with Crippen molar-refractivity contribution in [3.05, 3.63) is 94.5 Å². The molecule has 8 nitrogen and oxygen atoms in total. The fourth-order valence-corrected chi connectivity index (χ4v) is 3.80. The van der Waals surface area contributed by atoms with Gasteiger partial charge in [-0.05, 0) is 48.5 Å². The van der Waals surface area contributed by atoms with E-state index in [1.807, 2.05) is 0 Å². The number of benzene rings is 3. The number of carbonyl (C=O) groups is 2. The fraction of sp³-hybridized carbons (Fsp3) is 0. The van der Waals surface area contributed by atoms with Crippen molar-refractivity contribution in [3.8, 4) is 0 Å². The highest BCUT2D eigenvalue weighted by molar-refractivity contribution is 7.92. The quantitative estimate of drug-likeness (QED) is 0.369. The molecule has 0 aliphatic heterocycles. The molecule has 0 saturated carbocycles. The molecule has 3 N–H and O–H groups in total. The standard InChI is InChI=1S/C21H16ClN3O5S/c22-16-8-10-17(11-9-16)25-31(29,30)18-6-3-5-14(12-18)20(26)24-23-13-15-4-1-2-7-19(15)21(27)28/h1-13,25H,(H,24,26)(H,27,28)/b23-13-. The second-order valence-corrected chi connectivity index (χ2v) is 8.35. The zero-order valence-electron chi connectivity index (χ0n) is 15.8. The lowest BCUT2D eigenvalue weighted by molar-refractivity contribution is 0.0696. The number of carbonyl (C=O) groups excluding carboxylic acids is 1. The first-order chi connectivity index (χ1) is 14.8. The van der Waals surface area contributed by atoms with Gasteiger partial charge in [0.2, 0.25) is 0 Å². The van der Waals surface area contributed by atoms with Crippen molar-refractivity contribution >= 4 is 45.4 Å². The number of nitrogens with one attached hydrogen (secondary N) is 2. The number of aromatic carboxylic acids is 1. The Balaban J connectivity index is 1.74. The van der Waals surface area contributed by atoms with Crippen LogP contribution in [0.5, 0.6) is 0 Å².